The number of nitrogens with zero attached hydrogens (tertiary/aromatic N) is 6. The number of nitrogens with one attached hydrogen (secondary N) is 1. The number of halogens is 5. The van der Waals surface area contributed by atoms with E-state index in [1.165, 1.54) is 25.4 Å². The number of carbonyl (C=O) groups is 1. The zero-order valence-corrected chi connectivity index (χ0v) is 20.8. The lowest BCUT2D eigenvalue weighted by Gasteiger charge is -2.35. The first-order valence-corrected chi connectivity index (χ1v) is 12.2. The maximum Gasteiger partial charge on any atom is 0.297 e. The lowest BCUT2D eigenvalue weighted by molar-refractivity contribution is -0.0913. The van der Waals surface area contributed by atoms with Gasteiger partial charge in [-0.05, 0) is 31.9 Å². The van der Waals surface area contributed by atoms with E-state index in [4.69, 9.17) is 5.11 Å². The number of alkyl halides is 4. The van der Waals surface area contributed by atoms with Crippen molar-refractivity contribution in [2.45, 2.75) is 43.7 Å². The maximum absolute atomic E-state index is 15.0. The van der Waals surface area contributed by atoms with E-state index >= 15 is 0 Å². The van der Waals surface area contributed by atoms with Gasteiger partial charge in [-0.15, -0.1) is 5.10 Å². The van der Waals surface area contributed by atoms with Crippen molar-refractivity contribution in [3.05, 3.63) is 76.4 Å². The van der Waals surface area contributed by atoms with Crippen LogP contribution in [0.2, 0.25) is 0 Å². The molecule has 210 valence electrons. The van der Waals surface area contributed by atoms with Gasteiger partial charge in [-0.1, -0.05) is 23.4 Å². The van der Waals surface area contributed by atoms with E-state index in [1.807, 2.05) is 0 Å². The summed E-state index contributed by atoms with van der Waals surface area (Å²) in [6, 6.07) is 2.00. The van der Waals surface area contributed by atoms with Crippen molar-refractivity contribution in [1.29, 1.82) is 0 Å². The van der Waals surface area contributed by atoms with Gasteiger partial charge in [-0.2, -0.15) is 23.0 Å². The molecule has 15 heteroatoms. The van der Waals surface area contributed by atoms with Gasteiger partial charge < -0.3 is 10.4 Å². The summed E-state index contributed by atoms with van der Waals surface area (Å²) in [5.74, 6) is -12.2. The number of allylic oxidation sites excluding steroid dienone is 2. The summed E-state index contributed by atoms with van der Waals surface area (Å²) in [6.07, 6.45) is 6.99. The van der Waals surface area contributed by atoms with E-state index in [0.29, 0.717) is 22.0 Å². The van der Waals surface area contributed by atoms with Gasteiger partial charge in [-0.3, -0.25) is 9.59 Å². The number of aromatic nitrogens is 6. The van der Waals surface area contributed by atoms with Gasteiger partial charge >= 0.3 is 0 Å². The summed E-state index contributed by atoms with van der Waals surface area (Å²) < 4.78 is 74.8. The quantitative estimate of drug-likeness (QED) is 0.319. The van der Waals surface area contributed by atoms with Crippen molar-refractivity contribution >= 4 is 5.91 Å². The average Bonchev–Trinajstić information content (AvgIpc) is 3.64. The molecule has 2 aliphatic rings. The van der Waals surface area contributed by atoms with E-state index in [2.05, 4.69) is 25.7 Å². The smallest absolute Gasteiger partial charge is 0.297 e. The standard InChI is InChI=1S/C25H22F5N7O3/c1-13(16-3-2-4-20(25(16,29)30)24(27,28)12-38)33-23(40)17-7-8-21(39)37(34-17)18-9-14(10-31-22(18)26)19-11-32-35-36(19)15-5-6-15/h2-4,7-11,13,15-16,38H,5-6,12H2,1H3,(H,33,40)/t13-,16?/m1/s1. The molecule has 0 radical (unpaired) electrons. The van der Waals surface area contributed by atoms with Crippen molar-refractivity contribution in [1.82, 2.24) is 35.1 Å². The van der Waals surface area contributed by atoms with E-state index < -0.39 is 59.1 Å². The Bertz CT molecular complexity index is 1580. The van der Waals surface area contributed by atoms with E-state index in [0.717, 1.165) is 37.1 Å². The molecule has 3 aromatic rings. The van der Waals surface area contributed by atoms with Crippen LogP contribution in [0, 0.1) is 11.9 Å². The van der Waals surface area contributed by atoms with Crippen LogP contribution in [0.5, 0.6) is 0 Å². The molecule has 1 saturated carbocycles. The molecule has 1 fully saturated rings. The Balaban J connectivity index is 1.41. The van der Waals surface area contributed by atoms with E-state index in [-0.39, 0.29) is 11.7 Å². The van der Waals surface area contributed by atoms with Crippen molar-refractivity contribution in [3.63, 3.8) is 0 Å². The third kappa shape index (κ3) is 4.92. The Morgan fingerprint density at radius 3 is 2.73 bits per heavy atom. The Hall–Kier alpha value is -4.27. The fourth-order valence-corrected chi connectivity index (χ4v) is 4.45. The Morgan fingerprint density at radius 1 is 1.27 bits per heavy atom. The van der Waals surface area contributed by atoms with Crippen LogP contribution in [-0.2, 0) is 0 Å². The largest absolute Gasteiger partial charge is 0.390 e. The van der Waals surface area contributed by atoms with Crippen LogP contribution in [0.3, 0.4) is 0 Å². The van der Waals surface area contributed by atoms with Crippen LogP contribution in [0.1, 0.15) is 36.3 Å². The third-order valence-electron chi connectivity index (χ3n) is 6.69. The molecule has 0 saturated heterocycles. The van der Waals surface area contributed by atoms with Crippen LogP contribution in [-0.4, -0.2) is 65.3 Å². The van der Waals surface area contributed by atoms with Gasteiger partial charge in [0.25, 0.3) is 23.3 Å². The minimum atomic E-state index is -4.17. The highest BCUT2D eigenvalue weighted by Gasteiger charge is 2.55. The summed E-state index contributed by atoms with van der Waals surface area (Å²) in [5.41, 5.74) is -2.27. The zero-order valence-electron chi connectivity index (χ0n) is 20.8. The Morgan fingerprint density at radius 2 is 2.02 bits per heavy atom. The zero-order chi connectivity index (χ0) is 28.8. The second-order valence-corrected chi connectivity index (χ2v) is 9.54. The molecule has 1 unspecified atom stereocenters. The number of rotatable bonds is 8. The van der Waals surface area contributed by atoms with Crippen LogP contribution < -0.4 is 10.9 Å². The molecule has 1 amide bonds. The number of carbonyl (C=O) groups excluding carboxylic acids is 1. The summed E-state index contributed by atoms with van der Waals surface area (Å²) in [4.78, 5) is 29.2. The number of hydrogen-bond acceptors (Lipinski definition) is 7. The predicted molar refractivity (Wildman–Crippen MR) is 129 cm³/mol. The number of aliphatic hydroxyl groups is 1. The minimum absolute atomic E-state index is 0.147. The minimum Gasteiger partial charge on any atom is -0.390 e. The molecule has 2 N–H and O–H groups in total. The van der Waals surface area contributed by atoms with Gasteiger partial charge in [-0.25, -0.2) is 18.4 Å². The molecule has 2 aliphatic carbocycles. The second kappa shape index (κ2) is 10.0. The lowest BCUT2D eigenvalue weighted by Crippen LogP contribution is -2.50. The maximum atomic E-state index is 15.0. The van der Waals surface area contributed by atoms with Gasteiger partial charge in [0, 0.05) is 23.9 Å². The highest BCUT2D eigenvalue weighted by atomic mass is 19.3. The van der Waals surface area contributed by atoms with Gasteiger partial charge in [0.1, 0.15) is 18.0 Å². The topological polar surface area (TPSA) is 128 Å². The Labute approximate surface area is 222 Å². The predicted octanol–water partition coefficient (Wildman–Crippen LogP) is 2.85. The van der Waals surface area contributed by atoms with Crippen molar-refractivity contribution in [3.8, 4) is 16.9 Å². The first-order chi connectivity index (χ1) is 18.9. The molecular formula is C25H22F5N7O3. The number of amides is 1. The van der Waals surface area contributed by atoms with Crippen LogP contribution >= 0.6 is 0 Å². The van der Waals surface area contributed by atoms with Gasteiger partial charge in [0.05, 0.1) is 29.4 Å². The second-order valence-electron chi connectivity index (χ2n) is 9.54. The third-order valence-corrected chi connectivity index (χ3v) is 6.69. The van der Waals surface area contributed by atoms with Crippen molar-refractivity contribution in [2.24, 2.45) is 5.92 Å². The summed E-state index contributed by atoms with van der Waals surface area (Å²) >= 11 is 0. The van der Waals surface area contributed by atoms with Crippen molar-refractivity contribution in [2.75, 3.05) is 6.61 Å². The Kier molecular flexibility index (Phi) is 6.85. The molecule has 3 aromatic heterocycles. The SMILES string of the molecule is C[C@@H](NC(=O)c1ccc(=O)n(-c2cc(-c3cnnn3C3CC3)cnc2F)n1)C1C=CC=C(C(F)(F)CO)C1(F)F. The molecule has 0 aromatic carbocycles. The summed E-state index contributed by atoms with van der Waals surface area (Å²) in [5, 5.41) is 23.0. The molecule has 40 heavy (non-hydrogen) atoms. The molecule has 5 rings (SSSR count). The first kappa shape index (κ1) is 27.3. The van der Waals surface area contributed by atoms with E-state index in [1.54, 1.807) is 4.68 Å². The number of aliphatic hydroxyl groups excluding tert-OH is 1. The first-order valence-electron chi connectivity index (χ1n) is 12.2. The van der Waals surface area contributed by atoms with E-state index in [9.17, 15) is 31.5 Å². The summed E-state index contributed by atoms with van der Waals surface area (Å²) in [6.45, 7) is -0.631. The molecular weight excluding hydrogens is 541 g/mol. The average molecular weight is 563 g/mol. The fraction of sp³-hybridized carbons (Fsp3) is 0.360. The van der Waals surface area contributed by atoms with Crippen LogP contribution in [0.4, 0.5) is 22.0 Å². The monoisotopic (exact) mass is 563 g/mol. The van der Waals surface area contributed by atoms with Crippen LogP contribution in [0.15, 0.2) is 59.2 Å². The molecule has 0 aliphatic heterocycles. The molecule has 10 nitrogen and oxygen atoms in total. The molecule has 2 atom stereocenters. The highest BCUT2D eigenvalue weighted by molar-refractivity contribution is 5.92. The lowest BCUT2D eigenvalue weighted by atomic mass is 9.82. The summed E-state index contributed by atoms with van der Waals surface area (Å²) in [7, 11) is 0. The molecule has 3 heterocycles. The highest BCUT2D eigenvalue weighted by Crippen LogP contribution is 2.45. The van der Waals surface area contributed by atoms with Gasteiger partial charge in [0.2, 0.25) is 5.95 Å². The normalized spacial score (nSPS) is 19.3. The number of pyridine rings is 1. The van der Waals surface area contributed by atoms with Gasteiger partial charge in [0.15, 0.2) is 0 Å². The fourth-order valence-electron chi connectivity index (χ4n) is 4.45. The van der Waals surface area contributed by atoms with Crippen LogP contribution in [0.25, 0.3) is 16.9 Å². The molecule has 0 bridgehead atoms. The molecule has 0 spiro atoms. The number of hydrogen-bond donors (Lipinski definition) is 2. The van der Waals surface area contributed by atoms with Crippen molar-refractivity contribution < 1.29 is 31.9 Å².